The predicted molar refractivity (Wildman–Crippen MR) is 58.3 cm³/mol. The van der Waals surface area contributed by atoms with Gasteiger partial charge in [0, 0.05) is 12.0 Å². The van der Waals surface area contributed by atoms with Crippen molar-refractivity contribution in [2.45, 2.75) is 18.9 Å². The van der Waals surface area contributed by atoms with E-state index >= 15 is 0 Å². The van der Waals surface area contributed by atoms with Crippen molar-refractivity contribution in [2.75, 3.05) is 0 Å². The molecule has 1 unspecified atom stereocenters. The molecule has 0 radical (unpaired) electrons. The molecular weight excluding hydrogens is 226 g/mol. The molecule has 1 aromatic carbocycles. The Hall–Kier alpha value is -1.68. The largest absolute Gasteiger partial charge is 0.472 e. The minimum Gasteiger partial charge on any atom is -0.472 e. The van der Waals surface area contributed by atoms with Crippen molar-refractivity contribution in [3.8, 4) is 0 Å². The van der Waals surface area contributed by atoms with Crippen LogP contribution in [0.25, 0.3) is 0 Å². The molecule has 2 aromatic rings. The van der Waals surface area contributed by atoms with E-state index in [0.717, 1.165) is 11.6 Å². The van der Waals surface area contributed by atoms with Crippen molar-refractivity contribution < 1.29 is 18.3 Å². The third-order valence-corrected chi connectivity index (χ3v) is 2.66. The average molecular weight is 238 g/mol. The van der Waals surface area contributed by atoms with Crippen LogP contribution in [0.1, 0.15) is 18.1 Å². The van der Waals surface area contributed by atoms with Crippen molar-refractivity contribution in [2.24, 2.45) is 0 Å². The fourth-order valence-electron chi connectivity index (χ4n) is 1.81. The molecule has 0 saturated carbocycles. The van der Waals surface area contributed by atoms with Crippen LogP contribution in [0, 0.1) is 11.6 Å². The Kier molecular flexibility index (Phi) is 2.98. The van der Waals surface area contributed by atoms with Gasteiger partial charge < -0.3 is 9.52 Å². The molecule has 0 aliphatic rings. The maximum atomic E-state index is 13.6. The number of halogens is 2. The van der Waals surface area contributed by atoms with Gasteiger partial charge in [-0.25, -0.2) is 8.78 Å². The highest BCUT2D eigenvalue weighted by molar-refractivity contribution is 5.27. The lowest BCUT2D eigenvalue weighted by Crippen LogP contribution is -2.26. The van der Waals surface area contributed by atoms with Gasteiger partial charge in [-0.3, -0.25) is 0 Å². The number of benzene rings is 1. The molecule has 0 amide bonds. The first kappa shape index (κ1) is 11.8. The monoisotopic (exact) mass is 238 g/mol. The molecule has 0 spiro atoms. The molecule has 1 N–H and O–H groups in total. The van der Waals surface area contributed by atoms with E-state index in [9.17, 15) is 13.9 Å². The number of furan rings is 1. The zero-order chi connectivity index (χ0) is 12.5. The van der Waals surface area contributed by atoms with E-state index in [1.54, 1.807) is 6.07 Å². The van der Waals surface area contributed by atoms with Gasteiger partial charge in [-0.15, -0.1) is 0 Å². The molecule has 0 aliphatic carbocycles. The van der Waals surface area contributed by atoms with E-state index in [1.165, 1.54) is 31.6 Å². The van der Waals surface area contributed by atoms with Gasteiger partial charge in [-0.05, 0) is 24.6 Å². The lowest BCUT2D eigenvalue weighted by molar-refractivity contribution is 0.0529. The van der Waals surface area contributed by atoms with Crippen LogP contribution in [-0.4, -0.2) is 5.11 Å². The second-order valence-corrected chi connectivity index (χ2v) is 4.18. The Morgan fingerprint density at radius 3 is 2.71 bits per heavy atom. The average Bonchev–Trinajstić information content (AvgIpc) is 2.73. The van der Waals surface area contributed by atoms with E-state index in [0.29, 0.717) is 0 Å². The van der Waals surface area contributed by atoms with Crippen molar-refractivity contribution in [3.63, 3.8) is 0 Å². The van der Waals surface area contributed by atoms with Gasteiger partial charge >= 0.3 is 0 Å². The van der Waals surface area contributed by atoms with Crippen LogP contribution in [0.5, 0.6) is 0 Å². The van der Waals surface area contributed by atoms with Crippen molar-refractivity contribution in [3.05, 3.63) is 59.6 Å². The molecule has 0 saturated heterocycles. The SMILES string of the molecule is CC(O)(Cc1ccoc1)c1cccc(F)c1F. The zero-order valence-corrected chi connectivity index (χ0v) is 9.28. The van der Waals surface area contributed by atoms with Gasteiger partial charge in [0.15, 0.2) is 11.6 Å². The van der Waals surface area contributed by atoms with Crippen LogP contribution < -0.4 is 0 Å². The van der Waals surface area contributed by atoms with E-state index in [2.05, 4.69) is 0 Å². The number of rotatable bonds is 3. The summed E-state index contributed by atoms with van der Waals surface area (Å²) in [5, 5.41) is 10.2. The van der Waals surface area contributed by atoms with Crippen molar-refractivity contribution >= 4 is 0 Å². The normalized spacial score (nSPS) is 14.6. The summed E-state index contributed by atoms with van der Waals surface area (Å²) in [4.78, 5) is 0. The highest BCUT2D eigenvalue weighted by Gasteiger charge is 2.28. The standard InChI is InChI=1S/C13H12F2O2/c1-13(16,7-9-5-6-17-8-9)10-3-2-4-11(14)12(10)15/h2-6,8,16H,7H2,1H3. The number of aliphatic hydroxyl groups is 1. The number of hydrogen-bond acceptors (Lipinski definition) is 2. The predicted octanol–water partition coefficient (Wildman–Crippen LogP) is 3.01. The fraction of sp³-hybridized carbons (Fsp3) is 0.231. The van der Waals surface area contributed by atoms with Crippen LogP contribution in [0.15, 0.2) is 41.2 Å². The first-order valence-corrected chi connectivity index (χ1v) is 5.18. The van der Waals surface area contributed by atoms with Gasteiger partial charge in [0.1, 0.15) is 0 Å². The Balaban J connectivity index is 2.34. The highest BCUT2D eigenvalue weighted by atomic mass is 19.2. The minimum absolute atomic E-state index is 0.0568. The molecular formula is C13H12F2O2. The van der Waals surface area contributed by atoms with Gasteiger partial charge in [0.05, 0.1) is 18.1 Å². The zero-order valence-electron chi connectivity index (χ0n) is 9.28. The molecule has 0 aliphatic heterocycles. The quantitative estimate of drug-likeness (QED) is 0.891. The third kappa shape index (κ3) is 2.36. The van der Waals surface area contributed by atoms with Gasteiger partial charge in [-0.1, -0.05) is 12.1 Å². The van der Waals surface area contributed by atoms with Crippen LogP contribution in [0.3, 0.4) is 0 Å². The van der Waals surface area contributed by atoms with Gasteiger partial charge in [-0.2, -0.15) is 0 Å². The molecule has 17 heavy (non-hydrogen) atoms. The third-order valence-electron chi connectivity index (χ3n) is 2.66. The molecule has 90 valence electrons. The van der Waals surface area contributed by atoms with Gasteiger partial charge in [0.25, 0.3) is 0 Å². The van der Waals surface area contributed by atoms with Crippen LogP contribution in [-0.2, 0) is 12.0 Å². The molecule has 2 rings (SSSR count). The Bertz CT molecular complexity index is 504. The maximum Gasteiger partial charge on any atom is 0.164 e. The summed E-state index contributed by atoms with van der Waals surface area (Å²) < 4.78 is 31.5. The molecule has 4 heteroatoms. The lowest BCUT2D eigenvalue weighted by Gasteiger charge is -2.23. The first-order valence-electron chi connectivity index (χ1n) is 5.18. The molecule has 1 heterocycles. The second-order valence-electron chi connectivity index (χ2n) is 4.18. The topological polar surface area (TPSA) is 33.4 Å². The summed E-state index contributed by atoms with van der Waals surface area (Å²) in [5.41, 5.74) is -0.812. The van der Waals surface area contributed by atoms with Crippen molar-refractivity contribution in [1.82, 2.24) is 0 Å². The fourth-order valence-corrected chi connectivity index (χ4v) is 1.81. The van der Waals surface area contributed by atoms with Crippen LogP contribution >= 0.6 is 0 Å². The lowest BCUT2D eigenvalue weighted by atomic mass is 9.89. The Morgan fingerprint density at radius 1 is 1.29 bits per heavy atom. The van der Waals surface area contributed by atoms with Crippen LogP contribution in [0.4, 0.5) is 8.78 Å². The summed E-state index contributed by atoms with van der Waals surface area (Å²) >= 11 is 0. The van der Waals surface area contributed by atoms with E-state index in [4.69, 9.17) is 4.42 Å². The second kappa shape index (κ2) is 4.30. The molecule has 0 bridgehead atoms. The van der Waals surface area contributed by atoms with Crippen LogP contribution in [0.2, 0.25) is 0 Å². The number of hydrogen-bond donors (Lipinski definition) is 1. The first-order chi connectivity index (χ1) is 8.00. The summed E-state index contributed by atoms with van der Waals surface area (Å²) in [7, 11) is 0. The Morgan fingerprint density at radius 2 is 2.06 bits per heavy atom. The molecule has 2 nitrogen and oxygen atoms in total. The summed E-state index contributed by atoms with van der Waals surface area (Å²) in [6.45, 7) is 1.44. The van der Waals surface area contributed by atoms with Gasteiger partial charge in [0.2, 0.25) is 0 Å². The molecule has 1 atom stereocenters. The molecule has 1 aromatic heterocycles. The smallest absolute Gasteiger partial charge is 0.164 e. The summed E-state index contributed by atoms with van der Waals surface area (Å²) in [5.74, 6) is -1.98. The summed E-state index contributed by atoms with van der Waals surface area (Å²) in [6.07, 6.45) is 3.09. The van der Waals surface area contributed by atoms with E-state index in [-0.39, 0.29) is 12.0 Å². The maximum absolute atomic E-state index is 13.6. The Labute approximate surface area is 97.5 Å². The van der Waals surface area contributed by atoms with Crippen molar-refractivity contribution in [1.29, 1.82) is 0 Å². The highest BCUT2D eigenvalue weighted by Crippen LogP contribution is 2.28. The van der Waals surface area contributed by atoms with E-state index < -0.39 is 17.2 Å². The van der Waals surface area contributed by atoms with E-state index in [1.807, 2.05) is 0 Å². The minimum atomic E-state index is -1.48. The molecule has 0 fully saturated rings. The summed E-state index contributed by atoms with van der Waals surface area (Å²) in [6, 6.07) is 5.44.